The molecular formula is C13H24N2O4S. The highest BCUT2D eigenvalue weighted by molar-refractivity contribution is 7.91. The van der Waals surface area contributed by atoms with Crippen LogP contribution in [0.1, 0.15) is 32.1 Å². The number of nitrogens with one attached hydrogen (secondary N) is 1. The third kappa shape index (κ3) is 4.17. The van der Waals surface area contributed by atoms with Gasteiger partial charge in [-0.05, 0) is 12.8 Å². The van der Waals surface area contributed by atoms with Crippen LogP contribution >= 0.6 is 0 Å². The number of sulfone groups is 1. The normalized spacial score (nSPS) is 28.2. The highest BCUT2D eigenvalue weighted by Crippen LogP contribution is 2.30. The molecule has 0 bridgehead atoms. The van der Waals surface area contributed by atoms with Crippen LogP contribution in [0, 0.1) is 0 Å². The zero-order chi connectivity index (χ0) is 14.8. The van der Waals surface area contributed by atoms with Gasteiger partial charge in [-0.25, -0.2) is 8.42 Å². The molecular weight excluding hydrogens is 280 g/mol. The lowest BCUT2D eigenvalue weighted by atomic mass is 10.0. The van der Waals surface area contributed by atoms with E-state index in [-0.39, 0.29) is 29.9 Å². The summed E-state index contributed by atoms with van der Waals surface area (Å²) in [6.07, 6.45) is 3.65. The van der Waals surface area contributed by atoms with Crippen LogP contribution in [0.4, 0.5) is 0 Å². The Morgan fingerprint density at radius 1 is 1.40 bits per heavy atom. The fourth-order valence-electron chi connectivity index (χ4n) is 3.09. The van der Waals surface area contributed by atoms with Gasteiger partial charge in [-0.3, -0.25) is 4.79 Å². The van der Waals surface area contributed by atoms with E-state index in [1.54, 1.807) is 7.05 Å². The fourth-order valence-corrected chi connectivity index (χ4v) is 4.53. The van der Waals surface area contributed by atoms with Crippen LogP contribution in [0.15, 0.2) is 0 Å². The number of hydrogen-bond donors (Lipinski definition) is 2. The molecule has 0 aromatic carbocycles. The Labute approximate surface area is 120 Å². The van der Waals surface area contributed by atoms with Crippen LogP contribution < -0.4 is 5.32 Å². The number of aliphatic hydroxyl groups is 1. The van der Waals surface area contributed by atoms with Crippen molar-refractivity contribution in [3.63, 3.8) is 0 Å². The van der Waals surface area contributed by atoms with Gasteiger partial charge in [-0.1, -0.05) is 12.8 Å². The molecule has 6 nitrogen and oxygen atoms in total. The number of hydrogen-bond acceptors (Lipinski definition) is 5. The molecule has 1 aliphatic carbocycles. The number of nitrogens with zero attached hydrogens (tertiary/aromatic N) is 1. The Morgan fingerprint density at radius 3 is 2.65 bits per heavy atom. The molecule has 1 unspecified atom stereocenters. The number of amides is 1. The molecule has 0 aromatic rings. The second-order valence-corrected chi connectivity index (χ2v) is 8.38. The van der Waals surface area contributed by atoms with Gasteiger partial charge < -0.3 is 15.3 Å². The molecule has 116 valence electrons. The first kappa shape index (κ1) is 15.7. The Balaban J connectivity index is 1.84. The summed E-state index contributed by atoms with van der Waals surface area (Å²) in [5.74, 6) is 0.0596. The second kappa shape index (κ2) is 5.99. The van der Waals surface area contributed by atoms with Gasteiger partial charge in [0.1, 0.15) is 0 Å². The van der Waals surface area contributed by atoms with E-state index in [1.807, 2.05) is 0 Å². The third-order valence-corrected chi connectivity index (χ3v) is 5.95. The van der Waals surface area contributed by atoms with Crippen LogP contribution in [0.2, 0.25) is 0 Å². The highest BCUT2D eigenvalue weighted by Gasteiger charge is 2.34. The van der Waals surface area contributed by atoms with Gasteiger partial charge >= 0.3 is 0 Å². The first-order valence-electron chi connectivity index (χ1n) is 7.20. The highest BCUT2D eigenvalue weighted by atomic mass is 32.2. The summed E-state index contributed by atoms with van der Waals surface area (Å²) < 4.78 is 23.1. The van der Waals surface area contributed by atoms with E-state index in [2.05, 4.69) is 5.32 Å². The van der Waals surface area contributed by atoms with E-state index in [0.717, 1.165) is 25.7 Å². The Morgan fingerprint density at radius 2 is 2.05 bits per heavy atom. The standard InChI is InChI=1S/C13H24N2O4S/c1-15(10-13(17)4-2-3-5-13)12(16)8-11-9-20(18,19)7-6-14-11/h11,14,17H,2-10H2,1H3. The molecule has 7 heteroatoms. The molecule has 0 aromatic heterocycles. The predicted octanol–water partition coefficient (Wildman–Crippen LogP) is -0.473. The number of carbonyl (C=O) groups is 1. The van der Waals surface area contributed by atoms with Crippen molar-refractivity contribution in [2.75, 3.05) is 31.6 Å². The topological polar surface area (TPSA) is 86.7 Å². The summed E-state index contributed by atoms with van der Waals surface area (Å²) in [6, 6.07) is -0.304. The van der Waals surface area contributed by atoms with Crippen LogP contribution in [-0.2, 0) is 14.6 Å². The van der Waals surface area contributed by atoms with Gasteiger partial charge in [-0.15, -0.1) is 0 Å². The van der Waals surface area contributed by atoms with E-state index in [0.29, 0.717) is 13.1 Å². The lowest BCUT2D eigenvalue weighted by molar-refractivity contribution is -0.133. The average molecular weight is 304 g/mol. The minimum atomic E-state index is -3.02. The fraction of sp³-hybridized carbons (Fsp3) is 0.923. The first-order valence-corrected chi connectivity index (χ1v) is 9.02. The molecule has 1 atom stereocenters. The van der Waals surface area contributed by atoms with E-state index < -0.39 is 15.4 Å². The molecule has 2 aliphatic rings. The summed E-state index contributed by atoms with van der Waals surface area (Å²) in [7, 11) is -1.34. The van der Waals surface area contributed by atoms with E-state index >= 15 is 0 Å². The third-order valence-electron chi connectivity index (χ3n) is 4.21. The Kier molecular flexibility index (Phi) is 4.71. The van der Waals surface area contributed by atoms with Crippen LogP contribution in [0.25, 0.3) is 0 Å². The molecule has 1 saturated heterocycles. The maximum Gasteiger partial charge on any atom is 0.224 e. The van der Waals surface area contributed by atoms with E-state index in [4.69, 9.17) is 0 Å². The molecule has 2 fully saturated rings. The van der Waals surface area contributed by atoms with Crippen molar-refractivity contribution < 1.29 is 18.3 Å². The molecule has 20 heavy (non-hydrogen) atoms. The zero-order valence-corrected chi connectivity index (χ0v) is 12.8. The van der Waals surface area contributed by atoms with E-state index in [1.165, 1.54) is 4.90 Å². The number of rotatable bonds is 4. The number of likely N-dealkylation sites (N-methyl/N-ethyl adjacent to an activating group) is 1. The van der Waals surface area contributed by atoms with Gasteiger partial charge in [0, 0.05) is 32.6 Å². The number of carbonyl (C=O) groups excluding carboxylic acids is 1. The largest absolute Gasteiger partial charge is 0.388 e. The SMILES string of the molecule is CN(CC1(O)CCCC1)C(=O)CC1CS(=O)(=O)CCN1. The lowest BCUT2D eigenvalue weighted by Gasteiger charge is -2.30. The van der Waals surface area contributed by atoms with Crippen molar-refractivity contribution in [3.05, 3.63) is 0 Å². The monoisotopic (exact) mass is 304 g/mol. The zero-order valence-electron chi connectivity index (χ0n) is 12.0. The first-order chi connectivity index (χ1) is 9.30. The second-order valence-electron chi connectivity index (χ2n) is 6.15. The minimum Gasteiger partial charge on any atom is -0.388 e. The quantitative estimate of drug-likeness (QED) is 0.733. The maximum absolute atomic E-state index is 12.1. The van der Waals surface area contributed by atoms with Gasteiger partial charge in [0.15, 0.2) is 9.84 Å². The summed E-state index contributed by atoms with van der Waals surface area (Å²) in [4.78, 5) is 13.7. The van der Waals surface area contributed by atoms with Gasteiger partial charge in [0.25, 0.3) is 0 Å². The molecule has 2 rings (SSSR count). The van der Waals surface area contributed by atoms with Crippen LogP contribution in [0.5, 0.6) is 0 Å². The maximum atomic E-state index is 12.1. The van der Waals surface area contributed by atoms with Crippen molar-refractivity contribution in [1.29, 1.82) is 0 Å². The Hall–Kier alpha value is -0.660. The molecule has 1 heterocycles. The summed E-state index contributed by atoms with van der Waals surface area (Å²) in [5, 5.41) is 13.4. The Bertz CT molecular complexity index is 457. The van der Waals surface area contributed by atoms with Gasteiger partial charge in [-0.2, -0.15) is 0 Å². The van der Waals surface area contributed by atoms with Gasteiger partial charge in [0.05, 0.1) is 17.1 Å². The molecule has 1 amide bonds. The molecule has 0 radical (unpaired) electrons. The molecule has 1 aliphatic heterocycles. The van der Waals surface area contributed by atoms with Crippen LogP contribution in [0.3, 0.4) is 0 Å². The molecule has 0 spiro atoms. The van der Waals surface area contributed by atoms with Crippen LogP contribution in [-0.4, -0.2) is 67.6 Å². The summed E-state index contributed by atoms with van der Waals surface area (Å²) in [6.45, 7) is 0.749. The molecule has 1 saturated carbocycles. The van der Waals surface area contributed by atoms with Gasteiger partial charge in [0.2, 0.25) is 5.91 Å². The lowest BCUT2D eigenvalue weighted by Crippen LogP contribution is -2.49. The van der Waals surface area contributed by atoms with Crippen molar-refractivity contribution in [3.8, 4) is 0 Å². The summed E-state index contributed by atoms with van der Waals surface area (Å²) in [5.41, 5.74) is -0.753. The van der Waals surface area contributed by atoms with Crippen molar-refractivity contribution >= 4 is 15.7 Å². The molecule has 2 N–H and O–H groups in total. The van der Waals surface area contributed by atoms with E-state index in [9.17, 15) is 18.3 Å². The minimum absolute atomic E-state index is 0.0247. The summed E-state index contributed by atoms with van der Waals surface area (Å²) >= 11 is 0. The van der Waals surface area contributed by atoms with Crippen molar-refractivity contribution in [2.24, 2.45) is 0 Å². The average Bonchev–Trinajstić information content (AvgIpc) is 2.74. The smallest absolute Gasteiger partial charge is 0.224 e. The predicted molar refractivity (Wildman–Crippen MR) is 76.1 cm³/mol. The van der Waals surface area contributed by atoms with Crippen molar-refractivity contribution in [1.82, 2.24) is 10.2 Å². The van der Waals surface area contributed by atoms with Crippen molar-refractivity contribution in [2.45, 2.75) is 43.7 Å².